The number of nitrogens with zero attached hydrogens (tertiary/aromatic N) is 2. The molecule has 2 amide bonds. The normalized spacial score (nSPS) is 10.7. The van der Waals surface area contributed by atoms with Gasteiger partial charge in [0.15, 0.2) is 5.69 Å². The van der Waals surface area contributed by atoms with Crippen LogP contribution in [0.25, 0.3) is 0 Å². The average molecular weight is 359 g/mol. The summed E-state index contributed by atoms with van der Waals surface area (Å²) in [5.74, 6) is -1.05. The van der Waals surface area contributed by atoms with E-state index < -0.39 is 12.5 Å². The van der Waals surface area contributed by atoms with Crippen molar-refractivity contribution < 1.29 is 23.1 Å². The fourth-order valence-electron chi connectivity index (χ4n) is 1.77. The summed E-state index contributed by atoms with van der Waals surface area (Å²) in [7, 11) is 1.38. The van der Waals surface area contributed by atoms with Crippen LogP contribution in [0, 0.1) is 0 Å². The molecule has 0 spiro atoms. The first kappa shape index (κ1) is 17.8. The molecular weight excluding hydrogens is 346 g/mol. The van der Waals surface area contributed by atoms with Crippen molar-refractivity contribution in [1.29, 1.82) is 0 Å². The Morgan fingerprint density at radius 2 is 2.08 bits per heavy atom. The predicted octanol–water partition coefficient (Wildman–Crippen LogP) is 2.77. The lowest BCUT2D eigenvalue weighted by Gasteiger charge is -2.09. The van der Waals surface area contributed by atoms with Crippen molar-refractivity contribution in [2.24, 2.45) is 0 Å². The molecule has 0 aliphatic heterocycles. The number of amides is 2. The molecule has 0 atom stereocenters. The molecule has 24 heavy (non-hydrogen) atoms. The summed E-state index contributed by atoms with van der Waals surface area (Å²) in [5, 5.41) is 8.65. The molecule has 1 heterocycles. The zero-order chi connectivity index (χ0) is 17.7. The second-order valence-corrected chi connectivity index (χ2v) is 5.00. The SMILES string of the molecule is COCC(=O)Nc1ccc(NC(=O)c2ccn(C(F)F)n2)cc1Cl. The van der Waals surface area contributed by atoms with E-state index in [4.69, 9.17) is 11.6 Å². The zero-order valence-corrected chi connectivity index (χ0v) is 13.2. The molecule has 7 nitrogen and oxygen atoms in total. The Morgan fingerprint density at radius 3 is 2.67 bits per heavy atom. The van der Waals surface area contributed by atoms with Crippen LogP contribution in [0.1, 0.15) is 17.0 Å². The Labute approximate surface area is 140 Å². The van der Waals surface area contributed by atoms with Crippen molar-refractivity contribution in [1.82, 2.24) is 9.78 Å². The number of benzene rings is 1. The van der Waals surface area contributed by atoms with Crippen LogP contribution in [-0.4, -0.2) is 35.3 Å². The molecule has 2 aromatic rings. The van der Waals surface area contributed by atoms with Gasteiger partial charge in [0.2, 0.25) is 5.91 Å². The highest BCUT2D eigenvalue weighted by atomic mass is 35.5. The average Bonchev–Trinajstić information content (AvgIpc) is 3.00. The quantitative estimate of drug-likeness (QED) is 0.831. The molecule has 0 radical (unpaired) electrons. The lowest BCUT2D eigenvalue weighted by atomic mass is 10.2. The Bertz CT molecular complexity index is 751. The lowest BCUT2D eigenvalue weighted by molar-refractivity contribution is -0.119. The van der Waals surface area contributed by atoms with Gasteiger partial charge in [0, 0.05) is 19.0 Å². The fraction of sp³-hybridized carbons (Fsp3) is 0.214. The van der Waals surface area contributed by atoms with Crippen LogP contribution < -0.4 is 10.6 Å². The number of alkyl halides is 2. The van der Waals surface area contributed by atoms with Crippen molar-refractivity contribution in [3.8, 4) is 0 Å². The molecule has 0 aliphatic carbocycles. The molecule has 0 saturated heterocycles. The number of carbonyl (C=O) groups excluding carboxylic acids is 2. The van der Waals surface area contributed by atoms with Gasteiger partial charge in [0.25, 0.3) is 5.91 Å². The molecule has 2 N–H and O–H groups in total. The van der Waals surface area contributed by atoms with Crippen LogP contribution in [0.4, 0.5) is 20.2 Å². The third-order valence-corrected chi connectivity index (χ3v) is 3.13. The highest BCUT2D eigenvalue weighted by Crippen LogP contribution is 2.25. The number of carbonyl (C=O) groups is 2. The number of ether oxygens (including phenoxy) is 1. The highest BCUT2D eigenvalue weighted by molar-refractivity contribution is 6.34. The summed E-state index contributed by atoms with van der Waals surface area (Å²) < 4.78 is 29.9. The third-order valence-electron chi connectivity index (χ3n) is 2.82. The van der Waals surface area contributed by atoms with E-state index in [-0.39, 0.29) is 23.2 Å². The number of nitrogens with one attached hydrogen (secondary N) is 2. The van der Waals surface area contributed by atoms with Gasteiger partial charge in [-0.05, 0) is 24.3 Å². The maximum absolute atomic E-state index is 12.4. The number of hydrogen-bond donors (Lipinski definition) is 2. The van der Waals surface area contributed by atoms with E-state index in [2.05, 4.69) is 20.5 Å². The van der Waals surface area contributed by atoms with Gasteiger partial charge in [0.1, 0.15) is 6.61 Å². The first-order valence-electron chi connectivity index (χ1n) is 6.63. The number of halogens is 3. The predicted molar refractivity (Wildman–Crippen MR) is 83.4 cm³/mol. The molecule has 1 aromatic carbocycles. The first-order chi connectivity index (χ1) is 11.4. The number of aromatic nitrogens is 2. The molecule has 0 unspecified atom stereocenters. The summed E-state index contributed by atoms with van der Waals surface area (Å²) >= 11 is 6.02. The van der Waals surface area contributed by atoms with Gasteiger partial charge in [-0.25, -0.2) is 4.68 Å². The van der Waals surface area contributed by atoms with Crippen LogP contribution >= 0.6 is 11.6 Å². The molecule has 0 bridgehead atoms. The van der Waals surface area contributed by atoms with Crippen LogP contribution in [0.5, 0.6) is 0 Å². The van der Waals surface area contributed by atoms with Crippen molar-refractivity contribution in [3.63, 3.8) is 0 Å². The molecule has 0 saturated carbocycles. The molecule has 1 aromatic heterocycles. The largest absolute Gasteiger partial charge is 0.375 e. The monoisotopic (exact) mass is 358 g/mol. The minimum Gasteiger partial charge on any atom is -0.375 e. The van der Waals surface area contributed by atoms with Crippen molar-refractivity contribution in [3.05, 3.63) is 41.2 Å². The number of methoxy groups -OCH3 is 1. The lowest BCUT2D eigenvalue weighted by Crippen LogP contribution is -2.17. The van der Waals surface area contributed by atoms with E-state index >= 15 is 0 Å². The summed E-state index contributed by atoms with van der Waals surface area (Å²) in [6.07, 6.45) is 1.00. The fourth-order valence-corrected chi connectivity index (χ4v) is 2.00. The van der Waals surface area contributed by atoms with E-state index in [1.165, 1.54) is 31.4 Å². The smallest absolute Gasteiger partial charge is 0.333 e. The van der Waals surface area contributed by atoms with Gasteiger partial charge in [0.05, 0.1) is 10.7 Å². The Morgan fingerprint density at radius 1 is 1.33 bits per heavy atom. The molecule has 2 rings (SSSR count). The van der Waals surface area contributed by atoms with E-state index in [1.807, 2.05) is 0 Å². The van der Waals surface area contributed by atoms with Gasteiger partial charge in [-0.3, -0.25) is 9.59 Å². The van der Waals surface area contributed by atoms with Crippen molar-refractivity contribution in [2.45, 2.75) is 6.55 Å². The topological polar surface area (TPSA) is 85.3 Å². The minimum atomic E-state index is -2.82. The second kappa shape index (κ2) is 7.84. The highest BCUT2D eigenvalue weighted by Gasteiger charge is 2.14. The van der Waals surface area contributed by atoms with Crippen LogP contribution in [0.15, 0.2) is 30.5 Å². The molecule has 0 fully saturated rings. The van der Waals surface area contributed by atoms with E-state index in [1.54, 1.807) is 0 Å². The van der Waals surface area contributed by atoms with Gasteiger partial charge in [-0.2, -0.15) is 13.9 Å². The second-order valence-electron chi connectivity index (χ2n) is 4.59. The Hall–Kier alpha value is -2.52. The zero-order valence-electron chi connectivity index (χ0n) is 12.4. The first-order valence-corrected chi connectivity index (χ1v) is 7.01. The standard InChI is InChI=1S/C14H13ClF2N4O3/c1-24-7-12(22)19-10-3-2-8(6-9(10)15)18-13(23)11-4-5-21(20-11)14(16)17/h2-6,14H,7H2,1H3,(H,18,23)(H,19,22). The van der Waals surface area contributed by atoms with Crippen molar-refractivity contribution in [2.75, 3.05) is 24.4 Å². The van der Waals surface area contributed by atoms with E-state index in [0.29, 0.717) is 16.1 Å². The van der Waals surface area contributed by atoms with Crippen LogP contribution in [0.2, 0.25) is 5.02 Å². The van der Waals surface area contributed by atoms with Gasteiger partial charge in [-0.15, -0.1) is 0 Å². The summed E-state index contributed by atoms with van der Waals surface area (Å²) in [6, 6.07) is 5.56. The van der Waals surface area contributed by atoms with Crippen LogP contribution in [-0.2, 0) is 9.53 Å². The summed E-state index contributed by atoms with van der Waals surface area (Å²) in [6.45, 7) is -2.95. The molecular formula is C14H13ClF2N4O3. The van der Waals surface area contributed by atoms with Gasteiger partial charge < -0.3 is 15.4 Å². The maximum Gasteiger partial charge on any atom is 0.333 e. The van der Waals surface area contributed by atoms with Crippen LogP contribution in [0.3, 0.4) is 0 Å². The Kier molecular flexibility index (Phi) is 5.83. The number of rotatable bonds is 6. The molecule has 128 valence electrons. The summed E-state index contributed by atoms with van der Waals surface area (Å²) in [4.78, 5) is 23.4. The number of hydrogen-bond acceptors (Lipinski definition) is 4. The maximum atomic E-state index is 12.4. The van der Waals surface area contributed by atoms with E-state index in [9.17, 15) is 18.4 Å². The molecule has 0 aliphatic rings. The molecule has 10 heteroatoms. The number of anilines is 2. The van der Waals surface area contributed by atoms with E-state index in [0.717, 1.165) is 6.20 Å². The van der Waals surface area contributed by atoms with Gasteiger partial charge in [-0.1, -0.05) is 11.6 Å². The third kappa shape index (κ3) is 4.49. The van der Waals surface area contributed by atoms with Gasteiger partial charge >= 0.3 is 6.55 Å². The van der Waals surface area contributed by atoms with Crippen molar-refractivity contribution >= 4 is 34.8 Å². The summed E-state index contributed by atoms with van der Waals surface area (Å²) in [5.41, 5.74) is 0.504. The Balaban J connectivity index is 2.05. The minimum absolute atomic E-state index is 0.123.